The fourth-order valence-electron chi connectivity index (χ4n) is 8.19. The van der Waals surface area contributed by atoms with Crippen molar-refractivity contribution in [3.05, 3.63) is 144 Å². The van der Waals surface area contributed by atoms with E-state index in [1.54, 1.807) is 7.11 Å². The molecule has 0 spiro atoms. The van der Waals surface area contributed by atoms with Crippen molar-refractivity contribution >= 4 is 0 Å². The van der Waals surface area contributed by atoms with Crippen LogP contribution in [0.4, 0.5) is 0 Å². The van der Waals surface area contributed by atoms with Gasteiger partial charge < -0.3 is 33.2 Å². The van der Waals surface area contributed by atoms with Crippen molar-refractivity contribution in [2.24, 2.45) is 0 Å². The summed E-state index contributed by atoms with van der Waals surface area (Å²) < 4.78 is 46.6. The van der Waals surface area contributed by atoms with Crippen LogP contribution in [0.2, 0.25) is 0 Å². The molecule has 1 heterocycles. The fraction of sp³-hybridized carbons (Fsp3) is 0.556. The van der Waals surface area contributed by atoms with Gasteiger partial charge in [-0.1, -0.05) is 205 Å². The van der Waals surface area contributed by atoms with Crippen molar-refractivity contribution < 1.29 is 33.2 Å². The summed E-state index contributed by atoms with van der Waals surface area (Å²) in [6, 6.07) is 41.3. The molecule has 4 aromatic rings. The largest absolute Gasteiger partial charge is 0.374 e. The Balaban J connectivity index is 1.27. The lowest BCUT2D eigenvalue weighted by Gasteiger charge is -2.46. The van der Waals surface area contributed by atoms with E-state index in [0.717, 1.165) is 61.6 Å². The average Bonchev–Trinajstić information content (AvgIpc) is 3.30. The maximum atomic E-state index is 7.11. The van der Waals surface area contributed by atoms with Crippen LogP contribution in [0.25, 0.3) is 0 Å². The van der Waals surface area contributed by atoms with Gasteiger partial charge in [-0.2, -0.15) is 0 Å². The molecule has 0 bridgehead atoms. The molecular weight excluding hydrogens is 761 g/mol. The molecule has 61 heavy (non-hydrogen) atoms. The van der Waals surface area contributed by atoms with Gasteiger partial charge in [-0.3, -0.25) is 0 Å². The Hall–Kier alpha value is -3.40. The molecule has 0 radical (unpaired) electrons. The third kappa shape index (κ3) is 18.9. The van der Waals surface area contributed by atoms with Gasteiger partial charge in [0.25, 0.3) is 0 Å². The maximum absolute atomic E-state index is 7.11. The predicted molar refractivity (Wildman–Crippen MR) is 246 cm³/mol. The van der Waals surface area contributed by atoms with Gasteiger partial charge in [-0.05, 0) is 48.4 Å². The number of benzene rings is 4. The highest BCUT2D eigenvalue weighted by atomic mass is 16.7. The van der Waals surface area contributed by atoms with Crippen molar-refractivity contribution in [2.45, 2.75) is 180 Å². The molecule has 5 rings (SSSR count). The Morgan fingerprint density at radius 1 is 0.492 bits per heavy atom. The standard InChI is InChI=1S/C54H76O7/c1-4-5-6-7-8-9-10-11-26-37-49(38-27-12-17-28-44(2)57-40-46-31-20-14-21-32-46)60-54-53(55-3)52(59-42-48-35-24-16-25-36-48)51(58-41-47-33-22-15-23-34-47)50(61-54)43-56-39-45-29-18-13-19-30-45/h13-16,18-25,29-36,44,49-54H,4-12,17,26-28,37-43H2,1-3H3/t44-,49-,50-,51-,52+,53-,54-/m1/s1. The van der Waals surface area contributed by atoms with Gasteiger partial charge >= 0.3 is 0 Å². The topological polar surface area (TPSA) is 64.6 Å². The Labute approximate surface area is 368 Å². The maximum Gasteiger partial charge on any atom is 0.187 e. The van der Waals surface area contributed by atoms with Crippen LogP contribution >= 0.6 is 0 Å². The van der Waals surface area contributed by atoms with Gasteiger partial charge in [-0.15, -0.1) is 0 Å². The predicted octanol–water partition coefficient (Wildman–Crippen LogP) is 13.0. The summed E-state index contributed by atoms with van der Waals surface area (Å²) in [6.07, 6.45) is 15.7. The summed E-state index contributed by atoms with van der Waals surface area (Å²) in [4.78, 5) is 0. The van der Waals surface area contributed by atoms with Gasteiger partial charge in [0.1, 0.15) is 24.4 Å². The minimum absolute atomic E-state index is 0.0291. The summed E-state index contributed by atoms with van der Waals surface area (Å²) in [5, 5.41) is 0. The van der Waals surface area contributed by atoms with Crippen molar-refractivity contribution in [1.29, 1.82) is 0 Å². The van der Waals surface area contributed by atoms with E-state index < -0.39 is 30.7 Å². The molecule has 7 atom stereocenters. The molecule has 0 N–H and O–H groups in total. The molecule has 0 aromatic heterocycles. The lowest BCUT2D eigenvalue weighted by Crippen LogP contribution is -2.62. The van der Waals surface area contributed by atoms with Crippen LogP contribution in [0.5, 0.6) is 0 Å². The average molecular weight is 837 g/mol. The summed E-state index contributed by atoms with van der Waals surface area (Å²) in [5.74, 6) is 0. The van der Waals surface area contributed by atoms with E-state index in [4.69, 9.17) is 33.2 Å². The monoisotopic (exact) mass is 837 g/mol. The van der Waals surface area contributed by atoms with Crippen molar-refractivity contribution in [3.63, 3.8) is 0 Å². The molecule has 0 unspecified atom stereocenters. The normalized spacial score (nSPS) is 20.1. The molecule has 4 aromatic carbocycles. The summed E-state index contributed by atoms with van der Waals surface area (Å²) >= 11 is 0. The Kier molecular flexibility index (Phi) is 23.8. The number of hydrogen-bond acceptors (Lipinski definition) is 7. The Morgan fingerprint density at radius 2 is 0.934 bits per heavy atom. The second-order valence-corrected chi connectivity index (χ2v) is 16.9. The molecule has 1 aliphatic heterocycles. The first-order valence-corrected chi connectivity index (χ1v) is 23.5. The van der Waals surface area contributed by atoms with E-state index in [9.17, 15) is 0 Å². The van der Waals surface area contributed by atoms with Crippen molar-refractivity contribution in [3.8, 4) is 0 Å². The van der Waals surface area contributed by atoms with Crippen LogP contribution in [-0.4, -0.2) is 56.6 Å². The zero-order valence-electron chi connectivity index (χ0n) is 37.6. The first kappa shape index (κ1) is 48.6. The van der Waals surface area contributed by atoms with Gasteiger partial charge in [-0.25, -0.2) is 0 Å². The third-order valence-corrected chi connectivity index (χ3v) is 11.8. The van der Waals surface area contributed by atoms with Crippen molar-refractivity contribution in [2.75, 3.05) is 13.7 Å². The van der Waals surface area contributed by atoms with Gasteiger partial charge in [0.2, 0.25) is 0 Å². The van der Waals surface area contributed by atoms with E-state index in [1.165, 1.54) is 56.9 Å². The van der Waals surface area contributed by atoms with Crippen LogP contribution < -0.4 is 0 Å². The highest BCUT2D eigenvalue weighted by Gasteiger charge is 2.49. The van der Waals surface area contributed by atoms with Crippen LogP contribution in [0.3, 0.4) is 0 Å². The molecule has 0 saturated carbocycles. The van der Waals surface area contributed by atoms with Gasteiger partial charge in [0.15, 0.2) is 6.29 Å². The molecule has 0 amide bonds. The lowest BCUT2D eigenvalue weighted by atomic mass is 9.97. The smallest absolute Gasteiger partial charge is 0.187 e. The summed E-state index contributed by atoms with van der Waals surface area (Å²) in [5.41, 5.74) is 4.50. The SMILES string of the molecule is CCCCCCCCCCC[C@H](CCCCC[C@@H](C)OCc1ccccc1)O[C@@H]1O[C@H](COCc2ccccc2)[C@@H](OCc2ccccc2)[C@H](OCc2ccccc2)[C@H]1OC. The fourth-order valence-corrected chi connectivity index (χ4v) is 8.19. The first-order valence-electron chi connectivity index (χ1n) is 23.5. The number of unbranched alkanes of at least 4 members (excludes halogenated alkanes) is 10. The Bertz CT molecular complexity index is 1620. The number of hydrogen-bond donors (Lipinski definition) is 0. The van der Waals surface area contributed by atoms with Gasteiger partial charge in [0.05, 0.1) is 45.2 Å². The van der Waals surface area contributed by atoms with Crippen LogP contribution in [0.1, 0.15) is 132 Å². The third-order valence-electron chi connectivity index (χ3n) is 11.8. The van der Waals surface area contributed by atoms with E-state index in [-0.39, 0.29) is 12.2 Å². The second kappa shape index (κ2) is 29.8. The molecule has 1 saturated heterocycles. The first-order chi connectivity index (χ1) is 30.1. The minimum Gasteiger partial charge on any atom is -0.374 e. The van der Waals surface area contributed by atoms with E-state index >= 15 is 0 Å². The second-order valence-electron chi connectivity index (χ2n) is 16.9. The number of rotatable bonds is 32. The summed E-state index contributed by atoms with van der Waals surface area (Å²) in [7, 11) is 1.74. The van der Waals surface area contributed by atoms with Crippen LogP contribution in [0.15, 0.2) is 121 Å². The Morgan fingerprint density at radius 3 is 1.46 bits per heavy atom. The molecule has 334 valence electrons. The zero-order valence-corrected chi connectivity index (χ0v) is 37.6. The highest BCUT2D eigenvalue weighted by molar-refractivity contribution is 5.16. The van der Waals surface area contributed by atoms with Crippen molar-refractivity contribution in [1.82, 2.24) is 0 Å². The molecular formula is C54H76O7. The quantitative estimate of drug-likeness (QED) is 0.0454. The summed E-state index contributed by atoms with van der Waals surface area (Å²) in [6.45, 7) is 6.75. The molecule has 0 aliphatic carbocycles. The molecule has 7 heteroatoms. The number of methoxy groups -OCH3 is 1. The molecule has 1 fully saturated rings. The lowest BCUT2D eigenvalue weighted by molar-refractivity contribution is -0.332. The van der Waals surface area contributed by atoms with Crippen LogP contribution in [-0.2, 0) is 59.6 Å². The van der Waals surface area contributed by atoms with E-state index in [1.807, 2.05) is 60.7 Å². The number of ether oxygens (including phenoxy) is 7. The minimum atomic E-state index is -0.650. The molecule has 7 nitrogen and oxygen atoms in total. The molecule has 1 aliphatic rings. The van der Waals surface area contributed by atoms with Crippen LogP contribution in [0, 0.1) is 0 Å². The van der Waals surface area contributed by atoms with E-state index in [2.05, 4.69) is 74.5 Å². The highest BCUT2D eigenvalue weighted by Crippen LogP contribution is 2.33. The van der Waals surface area contributed by atoms with Gasteiger partial charge in [0, 0.05) is 7.11 Å². The zero-order chi connectivity index (χ0) is 42.6. The van der Waals surface area contributed by atoms with E-state index in [0.29, 0.717) is 33.0 Å².